The van der Waals surface area contributed by atoms with Gasteiger partial charge in [0.1, 0.15) is 0 Å². The molecule has 2 aliphatic rings. The van der Waals surface area contributed by atoms with Gasteiger partial charge >= 0.3 is 0 Å². The molecule has 0 bridgehead atoms. The number of carbonyl (C=O) groups is 1. The van der Waals surface area contributed by atoms with E-state index in [4.69, 9.17) is 11.6 Å². The van der Waals surface area contributed by atoms with Gasteiger partial charge in [0, 0.05) is 37.2 Å². The van der Waals surface area contributed by atoms with Gasteiger partial charge in [0.15, 0.2) is 0 Å². The Morgan fingerprint density at radius 1 is 1.25 bits per heavy atom. The summed E-state index contributed by atoms with van der Waals surface area (Å²) in [6.07, 6.45) is 2.77. The van der Waals surface area contributed by atoms with Crippen molar-refractivity contribution in [2.24, 2.45) is 5.92 Å². The first-order valence-corrected chi connectivity index (χ1v) is 8.27. The molecule has 3 rings (SSSR count). The van der Waals surface area contributed by atoms with E-state index in [1.807, 2.05) is 11.0 Å². The normalized spacial score (nSPS) is 20.2. The van der Waals surface area contributed by atoms with Gasteiger partial charge in [0.25, 0.3) is 5.91 Å². The van der Waals surface area contributed by atoms with Crippen LogP contribution in [0.25, 0.3) is 0 Å². The van der Waals surface area contributed by atoms with E-state index in [1.54, 1.807) is 12.1 Å². The lowest BCUT2D eigenvalue weighted by atomic mass is 10.1. The van der Waals surface area contributed by atoms with Crippen molar-refractivity contribution in [3.8, 4) is 0 Å². The van der Waals surface area contributed by atoms with Crippen LogP contribution in [0.1, 0.15) is 23.2 Å². The van der Waals surface area contributed by atoms with Crippen molar-refractivity contribution >= 4 is 33.4 Å². The average molecular weight is 358 g/mol. The summed E-state index contributed by atoms with van der Waals surface area (Å²) in [5.74, 6) is 0.965. The van der Waals surface area contributed by atoms with Gasteiger partial charge in [-0.25, -0.2) is 0 Å². The molecule has 0 radical (unpaired) electrons. The molecule has 1 aromatic rings. The van der Waals surface area contributed by atoms with Gasteiger partial charge < -0.3 is 4.90 Å². The summed E-state index contributed by atoms with van der Waals surface area (Å²) in [4.78, 5) is 16.9. The van der Waals surface area contributed by atoms with Crippen LogP contribution < -0.4 is 0 Å². The molecule has 1 aliphatic heterocycles. The Bertz CT molecular complexity index is 511. The summed E-state index contributed by atoms with van der Waals surface area (Å²) >= 11 is 9.52. The first kappa shape index (κ1) is 14.4. The Labute approximate surface area is 133 Å². The molecule has 0 unspecified atom stereocenters. The predicted molar refractivity (Wildman–Crippen MR) is 84.2 cm³/mol. The second-order valence-corrected chi connectivity index (χ2v) is 6.98. The number of halogens is 2. The topological polar surface area (TPSA) is 23.6 Å². The molecule has 1 saturated carbocycles. The Kier molecular flexibility index (Phi) is 4.34. The van der Waals surface area contributed by atoms with E-state index in [9.17, 15) is 4.79 Å². The third-order valence-electron chi connectivity index (χ3n) is 4.03. The first-order chi connectivity index (χ1) is 9.63. The minimum absolute atomic E-state index is 0.0496. The Hall–Kier alpha value is -0.580. The van der Waals surface area contributed by atoms with E-state index < -0.39 is 0 Å². The van der Waals surface area contributed by atoms with Gasteiger partial charge in [-0.1, -0.05) is 27.5 Å². The second kappa shape index (κ2) is 6.04. The lowest BCUT2D eigenvalue weighted by Crippen LogP contribution is -2.49. The number of piperazine rings is 1. The van der Waals surface area contributed by atoms with Crippen LogP contribution >= 0.6 is 27.5 Å². The fraction of sp³-hybridized carbons (Fsp3) is 0.533. The quantitative estimate of drug-likeness (QED) is 0.829. The summed E-state index contributed by atoms with van der Waals surface area (Å²) in [5.41, 5.74) is 0.602. The van der Waals surface area contributed by atoms with Crippen LogP contribution in [0.15, 0.2) is 22.7 Å². The van der Waals surface area contributed by atoms with E-state index in [1.165, 1.54) is 19.4 Å². The maximum absolute atomic E-state index is 12.5. The lowest BCUT2D eigenvalue weighted by molar-refractivity contribution is 0.0632. The van der Waals surface area contributed by atoms with Gasteiger partial charge in [0.05, 0.1) is 10.6 Å². The smallest absolute Gasteiger partial charge is 0.255 e. The van der Waals surface area contributed by atoms with Crippen molar-refractivity contribution in [3.05, 3.63) is 33.3 Å². The highest BCUT2D eigenvalue weighted by Crippen LogP contribution is 2.30. The van der Waals surface area contributed by atoms with Crippen molar-refractivity contribution in [1.82, 2.24) is 9.80 Å². The van der Waals surface area contributed by atoms with Gasteiger partial charge in [0.2, 0.25) is 0 Å². The van der Waals surface area contributed by atoms with Gasteiger partial charge in [-0.05, 0) is 37.0 Å². The standard InChI is InChI=1S/C15H18BrClN2O/c16-12-3-4-13(14(17)9-12)15(20)19-7-5-18(6-8-19)10-11-1-2-11/h3-4,9,11H,1-2,5-8,10H2. The highest BCUT2D eigenvalue weighted by molar-refractivity contribution is 9.10. The number of rotatable bonds is 3. The molecule has 0 spiro atoms. The Morgan fingerprint density at radius 3 is 2.55 bits per heavy atom. The zero-order chi connectivity index (χ0) is 14.1. The van der Waals surface area contributed by atoms with Crippen LogP contribution in [0, 0.1) is 5.92 Å². The molecule has 20 heavy (non-hydrogen) atoms. The first-order valence-electron chi connectivity index (χ1n) is 7.10. The number of carbonyl (C=O) groups excluding carboxylic acids is 1. The summed E-state index contributed by atoms with van der Waals surface area (Å²) in [6, 6.07) is 5.44. The number of hydrogen-bond acceptors (Lipinski definition) is 2. The van der Waals surface area contributed by atoms with E-state index in [2.05, 4.69) is 20.8 Å². The summed E-state index contributed by atoms with van der Waals surface area (Å²) in [5, 5.41) is 0.518. The van der Waals surface area contributed by atoms with E-state index >= 15 is 0 Å². The van der Waals surface area contributed by atoms with E-state index in [0.717, 1.165) is 36.6 Å². The maximum Gasteiger partial charge on any atom is 0.255 e. The van der Waals surface area contributed by atoms with Gasteiger partial charge in [-0.3, -0.25) is 9.69 Å². The minimum atomic E-state index is 0.0496. The van der Waals surface area contributed by atoms with Crippen LogP contribution in [-0.2, 0) is 0 Å². The molecule has 0 N–H and O–H groups in total. The SMILES string of the molecule is O=C(c1ccc(Br)cc1Cl)N1CCN(CC2CC2)CC1. The Balaban J connectivity index is 1.60. The fourth-order valence-electron chi connectivity index (χ4n) is 2.63. The molecule has 0 atom stereocenters. The van der Waals surface area contributed by atoms with Crippen LogP contribution in [0.2, 0.25) is 5.02 Å². The highest BCUT2D eigenvalue weighted by atomic mass is 79.9. The van der Waals surface area contributed by atoms with E-state index in [0.29, 0.717) is 10.6 Å². The second-order valence-electron chi connectivity index (χ2n) is 5.66. The van der Waals surface area contributed by atoms with E-state index in [-0.39, 0.29) is 5.91 Å². The molecule has 2 fully saturated rings. The predicted octanol–water partition coefficient (Wildman–Crippen LogP) is 3.27. The molecule has 108 valence electrons. The molecular weight excluding hydrogens is 340 g/mol. The molecule has 1 amide bonds. The summed E-state index contributed by atoms with van der Waals surface area (Å²) in [6.45, 7) is 4.78. The van der Waals surface area contributed by atoms with Gasteiger partial charge in [-0.15, -0.1) is 0 Å². The number of benzene rings is 1. The third kappa shape index (κ3) is 3.35. The molecule has 1 aromatic carbocycles. The summed E-state index contributed by atoms with van der Waals surface area (Å²) < 4.78 is 0.897. The largest absolute Gasteiger partial charge is 0.336 e. The van der Waals surface area contributed by atoms with Crippen LogP contribution in [0.3, 0.4) is 0 Å². The van der Waals surface area contributed by atoms with Crippen molar-refractivity contribution in [2.45, 2.75) is 12.8 Å². The monoisotopic (exact) mass is 356 g/mol. The molecular formula is C15H18BrClN2O. The van der Waals surface area contributed by atoms with Crippen molar-refractivity contribution < 1.29 is 4.79 Å². The lowest BCUT2D eigenvalue weighted by Gasteiger charge is -2.35. The van der Waals surface area contributed by atoms with Crippen molar-refractivity contribution in [2.75, 3.05) is 32.7 Å². The average Bonchev–Trinajstić information content (AvgIpc) is 3.23. The number of hydrogen-bond donors (Lipinski definition) is 0. The molecule has 1 heterocycles. The zero-order valence-electron chi connectivity index (χ0n) is 11.3. The van der Waals surface area contributed by atoms with Crippen LogP contribution in [0.4, 0.5) is 0 Å². The molecule has 5 heteroatoms. The highest BCUT2D eigenvalue weighted by Gasteiger charge is 2.28. The Morgan fingerprint density at radius 2 is 1.95 bits per heavy atom. The zero-order valence-corrected chi connectivity index (χ0v) is 13.7. The number of amides is 1. The summed E-state index contributed by atoms with van der Waals surface area (Å²) in [7, 11) is 0. The molecule has 3 nitrogen and oxygen atoms in total. The van der Waals surface area contributed by atoms with Crippen LogP contribution in [0.5, 0.6) is 0 Å². The fourth-order valence-corrected chi connectivity index (χ4v) is 3.39. The van der Waals surface area contributed by atoms with Crippen LogP contribution in [-0.4, -0.2) is 48.4 Å². The van der Waals surface area contributed by atoms with Crippen molar-refractivity contribution in [1.29, 1.82) is 0 Å². The molecule has 1 saturated heterocycles. The van der Waals surface area contributed by atoms with Crippen molar-refractivity contribution in [3.63, 3.8) is 0 Å². The molecule has 0 aromatic heterocycles. The number of nitrogens with zero attached hydrogens (tertiary/aromatic N) is 2. The van der Waals surface area contributed by atoms with Gasteiger partial charge in [-0.2, -0.15) is 0 Å². The molecule has 1 aliphatic carbocycles. The maximum atomic E-state index is 12.5. The minimum Gasteiger partial charge on any atom is -0.336 e. The third-order valence-corrected chi connectivity index (χ3v) is 4.84.